The molecule has 0 bridgehead atoms. The number of rotatable bonds is 2. The first-order valence-electron chi connectivity index (χ1n) is 8.58. The summed E-state index contributed by atoms with van der Waals surface area (Å²) in [6, 6.07) is 9.39. The first-order chi connectivity index (χ1) is 14.4. The second-order valence-electron chi connectivity index (χ2n) is 6.40. The van der Waals surface area contributed by atoms with E-state index in [2.05, 4.69) is 9.97 Å². The molecule has 5 aromatic rings. The van der Waals surface area contributed by atoms with Crippen molar-refractivity contribution in [1.29, 1.82) is 0 Å². The van der Waals surface area contributed by atoms with Crippen molar-refractivity contribution in [1.82, 2.24) is 19.1 Å². The highest BCUT2D eigenvalue weighted by Gasteiger charge is 2.28. The maximum Gasteiger partial charge on any atom is 0.268 e. The lowest BCUT2D eigenvalue weighted by Gasteiger charge is -1.97. The van der Waals surface area contributed by atoms with Gasteiger partial charge >= 0.3 is 0 Å². The Labute approximate surface area is 175 Å². The van der Waals surface area contributed by atoms with E-state index in [9.17, 15) is 19.2 Å². The second-order valence-corrected chi connectivity index (χ2v) is 7.15. The number of fused-ring (bicyclic) bond motifs is 2. The molecule has 0 radical (unpaired) electrons. The Kier molecular flexibility index (Phi) is 3.96. The summed E-state index contributed by atoms with van der Waals surface area (Å²) in [5.74, 6) is 0.146. The van der Waals surface area contributed by atoms with Crippen LogP contribution in [0.3, 0.4) is 0 Å². The highest BCUT2D eigenvalue weighted by atomic mass is 35.5. The molecular weight excluding hydrogens is 431 g/mol. The number of aromatic nitrogens is 4. The number of hydrogen-bond donors (Lipinski definition) is 0. The van der Waals surface area contributed by atoms with Crippen molar-refractivity contribution in [3.63, 3.8) is 0 Å². The Bertz CT molecular complexity index is 1470. The lowest BCUT2D eigenvalue weighted by atomic mass is 10.1. The van der Waals surface area contributed by atoms with E-state index in [0.29, 0.717) is 0 Å². The summed E-state index contributed by atoms with van der Waals surface area (Å²) in [7, 11) is 0. The average molecular weight is 439 g/mol. The van der Waals surface area contributed by atoms with Gasteiger partial charge in [0.05, 0.1) is 31.6 Å². The predicted octanol–water partition coefficient (Wildman–Crippen LogP) is 1.99. The van der Waals surface area contributed by atoms with Gasteiger partial charge in [0.1, 0.15) is 11.6 Å². The molecule has 4 aromatic heterocycles. The Morgan fingerprint density at radius 3 is 1.17 bits per heavy atom. The van der Waals surface area contributed by atoms with Crippen molar-refractivity contribution in [2.24, 2.45) is 0 Å². The quantitative estimate of drug-likeness (QED) is 0.417. The Balaban J connectivity index is 2.01. The summed E-state index contributed by atoms with van der Waals surface area (Å²) in [4.78, 5) is 60.1. The first-order valence-corrected chi connectivity index (χ1v) is 9.33. The van der Waals surface area contributed by atoms with E-state index >= 15 is 0 Å². The fraction of sp³-hybridized carbons (Fsp3) is 0. The van der Waals surface area contributed by atoms with Gasteiger partial charge in [0.2, 0.25) is 0 Å². The molecule has 0 aliphatic heterocycles. The molecule has 0 fully saturated rings. The number of benzene rings is 1. The van der Waals surface area contributed by atoms with Crippen LogP contribution < -0.4 is 22.2 Å². The molecule has 5 rings (SSSR count). The summed E-state index contributed by atoms with van der Waals surface area (Å²) in [6.45, 7) is 0. The lowest BCUT2D eigenvalue weighted by Crippen LogP contribution is -2.25. The molecule has 0 aliphatic rings. The van der Waals surface area contributed by atoms with Crippen molar-refractivity contribution >= 4 is 44.7 Å². The van der Waals surface area contributed by atoms with E-state index in [1.807, 2.05) is 0 Å². The van der Waals surface area contributed by atoms with Crippen LogP contribution in [-0.4, -0.2) is 19.1 Å². The van der Waals surface area contributed by atoms with E-state index in [1.165, 1.54) is 24.5 Å². The normalized spacial score (nSPS) is 11.5. The second kappa shape index (κ2) is 6.45. The molecule has 0 unspecified atom stereocenters. The van der Waals surface area contributed by atoms with Gasteiger partial charge in [0.25, 0.3) is 22.2 Å². The number of pyridine rings is 2. The number of nitrogens with zero attached hydrogens (tertiary/aromatic N) is 4. The molecule has 1 aromatic carbocycles. The third-order valence-corrected chi connectivity index (χ3v) is 5.56. The van der Waals surface area contributed by atoms with Crippen LogP contribution in [-0.2, 0) is 0 Å². The van der Waals surface area contributed by atoms with Gasteiger partial charge in [-0.25, -0.2) is 19.1 Å². The van der Waals surface area contributed by atoms with E-state index in [-0.39, 0.29) is 43.2 Å². The molecule has 146 valence electrons. The molecule has 0 saturated carbocycles. The zero-order valence-corrected chi connectivity index (χ0v) is 16.3. The maximum atomic E-state index is 13.0. The molecular formula is C20H8Cl2N4O4. The van der Waals surface area contributed by atoms with E-state index < -0.39 is 22.2 Å². The summed E-state index contributed by atoms with van der Waals surface area (Å²) >= 11 is 12.8. The van der Waals surface area contributed by atoms with Crippen LogP contribution in [0.25, 0.3) is 33.2 Å². The van der Waals surface area contributed by atoms with Crippen LogP contribution in [0.4, 0.5) is 0 Å². The molecule has 30 heavy (non-hydrogen) atoms. The van der Waals surface area contributed by atoms with Crippen LogP contribution in [0.1, 0.15) is 0 Å². The van der Waals surface area contributed by atoms with E-state index in [4.69, 9.17) is 23.2 Å². The standard InChI is InChI=1S/C20H8Cl2N4O4/c21-15-11-12(18(28)25(17(11)27)9-5-1-3-7-23-9)16(22)14-13(15)19(29)26(20(14)30)10-6-2-4-8-24-10/h1-8H. The smallest absolute Gasteiger partial charge is 0.268 e. The molecule has 10 heteroatoms. The third-order valence-electron chi connectivity index (χ3n) is 4.80. The Hall–Kier alpha value is -3.62. The molecule has 0 N–H and O–H groups in total. The number of halogens is 2. The summed E-state index contributed by atoms with van der Waals surface area (Å²) in [5.41, 5.74) is -3.11. The summed E-state index contributed by atoms with van der Waals surface area (Å²) in [6.07, 6.45) is 2.83. The molecule has 0 atom stereocenters. The van der Waals surface area contributed by atoms with E-state index in [1.54, 1.807) is 24.3 Å². The van der Waals surface area contributed by atoms with Crippen molar-refractivity contribution < 1.29 is 0 Å². The average Bonchev–Trinajstić information content (AvgIpc) is 3.17. The van der Waals surface area contributed by atoms with Gasteiger partial charge in [-0.05, 0) is 24.3 Å². The highest BCUT2D eigenvalue weighted by molar-refractivity contribution is 6.47. The Morgan fingerprint density at radius 2 is 0.900 bits per heavy atom. The predicted molar refractivity (Wildman–Crippen MR) is 113 cm³/mol. The fourth-order valence-electron chi connectivity index (χ4n) is 3.51. The molecule has 4 heterocycles. The van der Waals surface area contributed by atoms with Crippen molar-refractivity contribution in [3.8, 4) is 11.6 Å². The minimum absolute atomic E-state index is 0.0729. The lowest BCUT2D eigenvalue weighted by molar-refractivity contribution is 0.937. The summed E-state index contributed by atoms with van der Waals surface area (Å²) in [5, 5.41) is -1.56. The van der Waals surface area contributed by atoms with Gasteiger partial charge in [-0.15, -0.1) is 0 Å². The monoisotopic (exact) mass is 438 g/mol. The largest absolute Gasteiger partial charge is 0.268 e. The minimum atomic E-state index is -0.778. The van der Waals surface area contributed by atoms with Crippen molar-refractivity contribution in [2.75, 3.05) is 0 Å². The van der Waals surface area contributed by atoms with Gasteiger partial charge in [-0.2, -0.15) is 0 Å². The first kappa shape index (κ1) is 18.4. The van der Waals surface area contributed by atoms with Gasteiger partial charge < -0.3 is 0 Å². The van der Waals surface area contributed by atoms with E-state index in [0.717, 1.165) is 9.13 Å². The molecule has 0 amide bonds. The van der Waals surface area contributed by atoms with Crippen molar-refractivity contribution in [3.05, 3.63) is 100 Å². The third kappa shape index (κ3) is 2.28. The zero-order chi connectivity index (χ0) is 21.2. The van der Waals surface area contributed by atoms with Crippen LogP contribution >= 0.6 is 23.2 Å². The fourth-order valence-corrected chi connectivity index (χ4v) is 4.21. The maximum absolute atomic E-state index is 13.0. The minimum Gasteiger partial charge on any atom is -0.268 e. The number of hydrogen-bond acceptors (Lipinski definition) is 6. The van der Waals surface area contributed by atoms with Gasteiger partial charge in [0, 0.05) is 12.4 Å². The zero-order valence-electron chi connectivity index (χ0n) is 14.8. The summed E-state index contributed by atoms with van der Waals surface area (Å²) < 4.78 is 1.62. The van der Waals surface area contributed by atoms with Crippen LogP contribution in [0.5, 0.6) is 0 Å². The molecule has 0 saturated heterocycles. The van der Waals surface area contributed by atoms with Crippen LogP contribution in [0.2, 0.25) is 10.0 Å². The van der Waals surface area contributed by atoms with Gasteiger partial charge in [-0.3, -0.25) is 19.2 Å². The molecule has 8 nitrogen and oxygen atoms in total. The molecule has 0 spiro atoms. The van der Waals surface area contributed by atoms with Crippen LogP contribution in [0.15, 0.2) is 68.0 Å². The van der Waals surface area contributed by atoms with Gasteiger partial charge in [-0.1, -0.05) is 35.3 Å². The Morgan fingerprint density at radius 1 is 0.567 bits per heavy atom. The van der Waals surface area contributed by atoms with Crippen LogP contribution in [0, 0.1) is 0 Å². The topological polar surface area (TPSA) is 104 Å². The molecule has 0 aliphatic carbocycles. The van der Waals surface area contributed by atoms with Crippen molar-refractivity contribution in [2.45, 2.75) is 0 Å². The SMILES string of the molecule is O=c1c2c(Cl)c3c(=O)n(-c4ccccn4)c(=O)c3c(Cl)c2c(=O)n1-c1ccccn1. The van der Waals surface area contributed by atoms with Gasteiger partial charge in [0.15, 0.2) is 0 Å². The highest BCUT2D eigenvalue weighted by Crippen LogP contribution is 2.34.